The van der Waals surface area contributed by atoms with Crippen molar-refractivity contribution in [1.82, 2.24) is 19.1 Å². The predicted octanol–water partition coefficient (Wildman–Crippen LogP) is 4.10. The van der Waals surface area contributed by atoms with E-state index in [1.54, 1.807) is 24.3 Å². The van der Waals surface area contributed by atoms with Gasteiger partial charge in [0.2, 0.25) is 0 Å². The van der Waals surface area contributed by atoms with Gasteiger partial charge in [0.15, 0.2) is 17.2 Å². The van der Waals surface area contributed by atoms with E-state index in [9.17, 15) is 9.59 Å². The zero-order valence-electron chi connectivity index (χ0n) is 20.0. The largest absolute Gasteiger partial charge is 0.494 e. The molecule has 0 spiro atoms. The first-order valence-corrected chi connectivity index (χ1v) is 11.6. The highest BCUT2D eigenvalue weighted by molar-refractivity contribution is 6.02. The average molecular weight is 480 g/mol. The first-order valence-electron chi connectivity index (χ1n) is 11.6. The Morgan fingerprint density at radius 2 is 1.64 bits per heavy atom. The van der Waals surface area contributed by atoms with Gasteiger partial charge in [-0.2, -0.15) is 0 Å². The van der Waals surface area contributed by atoms with Crippen molar-refractivity contribution in [3.05, 3.63) is 106 Å². The lowest BCUT2D eigenvalue weighted by molar-refractivity contribution is 0.0997. The summed E-state index contributed by atoms with van der Waals surface area (Å²) in [6, 6.07) is 24.3. The molecule has 0 aliphatic carbocycles. The first kappa shape index (κ1) is 23.0. The average Bonchev–Trinajstić information content (AvgIpc) is 3.16. The van der Waals surface area contributed by atoms with Crippen LogP contribution in [0.15, 0.2) is 83.7 Å². The summed E-state index contributed by atoms with van der Waals surface area (Å²) in [6.45, 7) is 4.65. The zero-order chi connectivity index (χ0) is 25.2. The molecule has 0 atom stereocenters. The van der Waals surface area contributed by atoms with Gasteiger partial charge in [0.05, 0.1) is 18.8 Å². The van der Waals surface area contributed by atoms with Crippen LogP contribution < -0.4 is 16.2 Å². The van der Waals surface area contributed by atoms with Crippen LogP contribution in [-0.4, -0.2) is 31.6 Å². The maximum absolute atomic E-state index is 13.8. The van der Waals surface area contributed by atoms with Gasteiger partial charge in [0.1, 0.15) is 11.3 Å². The van der Waals surface area contributed by atoms with Crippen molar-refractivity contribution in [2.75, 3.05) is 6.61 Å². The minimum absolute atomic E-state index is 0.00621. The summed E-state index contributed by atoms with van der Waals surface area (Å²) >= 11 is 0. The number of carbonyl (C=O) groups is 1. The summed E-state index contributed by atoms with van der Waals surface area (Å²) in [6.07, 6.45) is 0. The molecular weight excluding hydrogens is 454 g/mol. The second-order valence-electron chi connectivity index (χ2n) is 8.41. The molecule has 36 heavy (non-hydrogen) atoms. The molecular formula is C28H25N5O3. The van der Waals surface area contributed by atoms with Gasteiger partial charge in [0, 0.05) is 5.56 Å². The monoisotopic (exact) mass is 479 g/mol. The molecule has 2 heterocycles. The van der Waals surface area contributed by atoms with Crippen LogP contribution in [0.2, 0.25) is 0 Å². The van der Waals surface area contributed by atoms with E-state index in [0.717, 1.165) is 11.1 Å². The minimum atomic E-state index is -0.735. The third-order valence-electron chi connectivity index (χ3n) is 5.90. The fourth-order valence-corrected chi connectivity index (χ4v) is 4.16. The Morgan fingerprint density at radius 3 is 2.28 bits per heavy atom. The fraction of sp³-hybridized carbons (Fsp3) is 0.143. The summed E-state index contributed by atoms with van der Waals surface area (Å²) in [5, 5.41) is 0. The van der Waals surface area contributed by atoms with Crippen molar-refractivity contribution in [2.24, 2.45) is 5.73 Å². The number of nitrogens with two attached hydrogens (primary N) is 1. The van der Waals surface area contributed by atoms with E-state index in [1.807, 2.05) is 68.4 Å². The molecule has 0 saturated heterocycles. The molecule has 2 N–H and O–H groups in total. The van der Waals surface area contributed by atoms with Gasteiger partial charge >= 0.3 is 5.69 Å². The van der Waals surface area contributed by atoms with E-state index in [4.69, 9.17) is 15.5 Å². The molecule has 1 amide bonds. The number of nitrogens with zero attached hydrogens (tertiary/aromatic N) is 4. The number of hydrogen-bond donors (Lipinski definition) is 1. The summed E-state index contributed by atoms with van der Waals surface area (Å²) in [5.74, 6) is 0.268. The number of ether oxygens (including phenoxy) is 1. The molecule has 0 saturated carbocycles. The molecule has 0 aliphatic rings. The Kier molecular flexibility index (Phi) is 6.08. The molecule has 8 nitrogen and oxygen atoms in total. The Balaban J connectivity index is 1.81. The molecule has 5 rings (SSSR count). The molecule has 0 fully saturated rings. The van der Waals surface area contributed by atoms with Crippen LogP contribution in [0.5, 0.6) is 5.75 Å². The van der Waals surface area contributed by atoms with E-state index in [2.05, 4.69) is 4.98 Å². The number of aromatic nitrogens is 4. The number of carbonyl (C=O) groups excluding carboxylic acids is 1. The maximum Gasteiger partial charge on any atom is 0.335 e. The summed E-state index contributed by atoms with van der Waals surface area (Å²) in [4.78, 5) is 35.7. The van der Waals surface area contributed by atoms with E-state index < -0.39 is 5.91 Å². The van der Waals surface area contributed by atoms with Gasteiger partial charge in [-0.05, 0) is 43.7 Å². The quantitative estimate of drug-likeness (QED) is 0.378. The van der Waals surface area contributed by atoms with Crippen LogP contribution in [0.4, 0.5) is 0 Å². The number of primary amides is 1. The lowest BCUT2D eigenvalue weighted by atomic mass is 10.1. The number of aryl methyl sites for hydroxylation is 1. The van der Waals surface area contributed by atoms with Crippen molar-refractivity contribution in [1.29, 1.82) is 0 Å². The van der Waals surface area contributed by atoms with Gasteiger partial charge in [0.25, 0.3) is 5.91 Å². The van der Waals surface area contributed by atoms with Crippen molar-refractivity contribution in [3.8, 4) is 22.8 Å². The summed E-state index contributed by atoms with van der Waals surface area (Å²) in [5.41, 5.74) is 9.31. The lowest BCUT2D eigenvalue weighted by Gasteiger charge is -2.08. The van der Waals surface area contributed by atoms with Crippen molar-refractivity contribution < 1.29 is 9.53 Å². The second-order valence-corrected chi connectivity index (χ2v) is 8.41. The number of benzene rings is 3. The molecule has 0 bridgehead atoms. The van der Waals surface area contributed by atoms with Gasteiger partial charge in [-0.3, -0.25) is 9.36 Å². The number of imidazole rings is 1. The Labute approximate surface area is 207 Å². The molecule has 0 aliphatic heterocycles. The van der Waals surface area contributed by atoms with Crippen LogP contribution >= 0.6 is 0 Å². The third-order valence-corrected chi connectivity index (χ3v) is 5.90. The number of hydrogen-bond acceptors (Lipinski definition) is 5. The van der Waals surface area contributed by atoms with Gasteiger partial charge in [-0.1, -0.05) is 60.2 Å². The van der Waals surface area contributed by atoms with Gasteiger partial charge < -0.3 is 10.5 Å². The van der Waals surface area contributed by atoms with Gasteiger partial charge in [-0.15, -0.1) is 0 Å². The van der Waals surface area contributed by atoms with Gasteiger partial charge in [-0.25, -0.2) is 19.3 Å². The predicted molar refractivity (Wildman–Crippen MR) is 139 cm³/mol. The van der Waals surface area contributed by atoms with Crippen LogP contribution in [0.25, 0.3) is 28.2 Å². The number of rotatable bonds is 7. The van der Waals surface area contributed by atoms with E-state index in [0.29, 0.717) is 40.6 Å². The van der Waals surface area contributed by atoms with E-state index in [1.165, 1.54) is 9.13 Å². The highest BCUT2D eigenvalue weighted by atomic mass is 16.5. The highest BCUT2D eigenvalue weighted by Crippen LogP contribution is 2.25. The third kappa shape index (κ3) is 4.24. The topological polar surface area (TPSA) is 105 Å². The second kappa shape index (κ2) is 9.50. The first-order chi connectivity index (χ1) is 17.5. The fourth-order valence-electron chi connectivity index (χ4n) is 4.16. The molecule has 2 aromatic heterocycles. The normalized spacial score (nSPS) is 11.1. The number of fused-ring (bicyclic) bond motifs is 1. The zero-order valence-corrected chi connectivity index (χ0v) is 20.0. The van der Waals surface area contributed by atoms with Crippen LogP contribution in [-0.2, 0) is 6.54 Å². The SMILES string of the molecule is CCOc1ccc(-n2c(=O)n(Cc3ccccc3)c3c(C(N)=O)nc(-c4ccc(C)cc4)nc32)cc1. The smallest absolute Gasteiger partial charge is 0.335 e. The maximum atomic E-state index is 13.8. The molecule has 180 valence electrons. The Hall–Kier alpha value is -4.72. The van der Waals surface area contributed by atoms with Crippen LogP contribution in [0.1, 0.15) is 28.5 Å². The summed E-state index contributed by atoms with van der Waals surface area (Å²) in [7, 11) is 0. The summed E-state index contributed by atoms with van der Waals surface area (Å²) < 4.78 is 8.54. The molecule has 3 aromatic carbocycles. The molecule has 8 heteroatoms. The van der Waals surface area contributed by atoms with E-state index >= 15 is 0 Å². The lowest BCUT2D eigenvalue weighted by Crippen LogP contribution is -2.24. The van der Waals surface area contributed by atoms with Crippen LogP contribution in [0, 0.1) is 6.92 Å². The Morgan fingerprint density at radius 1 is 0.944 bits per heavy atom. The standard InChI is InChI=1S/C28H25N5O3/c1-3-36-22-15-13-21(14-16-22)33-27-24(32(28(33)35)17-19-7-5-4-6-8-19)23(25(29)34)30-26(31-27)20-11-9-18(2)10-12-20/h4-16H,3,17H2,1-2H3,(H2,29,34). The number of amides is 1. The van der Waals surface area contributed by atoms with Crippen molar-refractivity contribution in [2.45, 2.75) is 20.4 Å². The Bertz CT molecular complexity index is 1600. The van der Waals surface area contributed by atoms with Crippen molar-refractivity contribution in [3.63, 3.8) is 0 Å². The molecule has 0 radical (unpaired) electrons. The highest BCUT2D eigenvalue weighted by Gasteiger charge is 2.24. The van der Waals surface area contributed by atoms with Crippen LogP contribution in [0.3, 0.4) is 0 Å². The molecule has 5 aromatic rings. The van der Waals surface area contributed by atoms with Crippen molar-refractivity contribution >= 4 is 17.1 Å². The molecule has 0 unspecified atom stereocenters. The van der Waals surface area contributed by atoms with E-state index in [-0.39, 0.29) is 17.9 Å². The minimum Gasteiger partial charge on any atom is -0.494 e.